The van der Waals surface area contributed by atoms with Crippen molar-refractivity contribution in [1.29, 1.82) is 0 Å². The van der Waals surface area contributed by atoms with Gasteiger partial charge in [0.15, 0.2) is 0 Å². The minimum Gasteiger partial charge on any atom is -0.326 e. The van der Waals surface area contributed by atoms with Gasteiger partial charge in [0.25, 0.3) is 0 Å². The maximum Gasteiger partial charge on any atom is 0.221 e. The molecule has 1 aromatic carbocycles. The van der Waals surface area contributed by atoms with Crippen LogP contribution in [0.4, 0.5) is 5.69 Å². The van der Waals surface area contributed by atoms with Crippen LogP contribution in [0.1, 0.15) is 38.2 Å². The van der Waals surface area contributed by atoms with Gasteiger partial charge in [0, 0.05) is 25.7 Å². The van der Waals surface area contributed by atoms with Gasteiger partial charge < -0.3 is 5.32 Å². The number of anilines is 1. The van der Waals surface area contributed by atoms with E-state index < -0.39 is 0 Å². The zero-order valence-electron chi connectivity index (χ0n) is 11.4. The quantitative estimate of drug-likeness (QED) is 0.848. The Morgan fingerprint density at radius 3 is 2.37 bits per heavy atom. The van der Waals surface area contributed by atoms with Crippen LogP contribution in [0.5, 0.6) is 0 Å². The number of rotatable bonds is 3. The number of carbonyl (C=O) groups excluding carboxylic acids is 1. The summed E-state index contributed by atoms with van der Waals surface area (Å²) < 4.78 is 0. The molecule has 1 aromatic rings. The molecule has 0 aromatic heterocycles. The second kappa shape index (κ2) is 6.92. The van der Waals surface area contributed by atoms with Crippen LogP contribution in [0.2, 0.25) is 0 Å². The van der Waals surface area contributed by atoms with Gasteiger partial charge in [-0.05, 0) is 30.5 Å². The molecule has 1 aliphatic heterocycles. The lowest BCUT2D eigenvalue weighted by Crippen LogP contribution is -2.18. The van der Waals surface area contributed by atoms with Gasteiger partial charge in [-0.1, -0.05) is 25.0 Å². The summed E-state index contributed by atoms with van der Waals surface area (Å²) in [6.07, 6.45) is 7.00. The van der Waals surface area contributed by atoms with Crippen LogP contribution in [0.25, 0.3) is 0 Å². The van der Waals surface area contributed by atoms with Crippen LogP contribution in [0.3, 0.4) is 0 Å². The fraction of sp³-hybridized carbons (Fsp3) is 0.467. The molecule has 1 saturated heterocycles. The van der Waals surface area contributed by atoms with Gasteiger partial charge in [-0.15, -0.1) is 0 Å². The van der Waals surface area contributed by atoms with Crippen LogP contribution >= 0.6 is 0 Å². The van der Waals surface area contributed by atoms with Crippen LogP contribution in [-0.2, 0) is 4.79 Å². The summed E-state index contributed by atoms with van der Waals surface area (Å²) in [5, 5.41) is 9.42. The Kier molecular flexibility index (Phi) is 4.95. The summed E-state index contributed by atoms with van der Waals surface area (Å²) in [6.45, 7) is 3.62. The van der Waals surface area contributed by atoms with E-state index in [1.54, 1.807) is 0 Å². The van der Waals surface area contributed by atoms with Crippen molar-refractivity contribution in [1.82, 2.24) is 5.01 Å². The summed E-state index contributed by atoms with van der Waals surface area (Å²) in [4.78, 5) is 10.9. The van der Waals surface area contributed by atoms with E-state index in [4.69, 9.17) is 0 Å². The molecule has 2 rings (SSSR count). The molecule has 4 heteroatoms. The largest absolute Gasteiger partial charge is 0.326 e. The van der Waals surface area contributed by atoms with E-state index in [0.717, 1.165) is 24.3 Å². The standard InChI is InChI=1S/C15H21N3O/c1-13(19)17-15-8-6-14(7-9-15)12-16-18-10-4-2-3-5-11-18/h6-9,12H,2-5,10-11H2,1H3,(H,17,19). The molecule has 1 amide bonds. The SMILES string of the molecule is CC(=O)Nc1ccc(C=NN2CCCCCC2)cc1. The van der Waals surface area contributed by atoms with Crippen molar-refractivity contribution in [3.8, 4) is 0 Å². The number of hydrogen-bond acceptors (Lipinski definition) is 3. The van der Waals surface area contributed by atoms with E-state index in [1.165, 1.54) is 32.6 Å². The maximum atomic E-state index is 10.9. The highest BCUT2D eigenvalue weighted by Gasteiger charge is 2.05. The number of hydrogen-bond donors (Lipinski definition) is 1. The number of hydrazone groups is 1. The molecule has 1 fully saturated rings. The van der Waals surface area contributed by atoms with E-state index in [-0.39, 0.29) is 5.91 Å². The third kappa shape index (κ3) is 4.73. The number of carbonyl (C=O) groups is 1. The zero-order valence-corrected chi connectivity index (χ0v) is 11.4. The lowest BCUT2D eigenvalue weighted by Gasteiger charge is -2.15. The molecule has 0 radical (unpaired) electrons. The third-order valence-electron chi connectivity index (χ3n) is 3.18. The Hall–Kier alpha value is -1.84. The molecule has 1 aliphatic rings. The second-order valence-corrected chi connectivity index (χ2v) is 4.92. The average molecular weight is 259 g/mol. The number of benzene rings is 1. The predicted molar refractivity (Wildman–Crippen MR) is 78.4 cm³/mol. The van der Waals surface area contributed by atoms with Crippen molar-refractivity contribution >= 4 is 17.8 Å². The van der Waals surface area contributed by atoms with E-state index in [9.17, 15) is 4.79 Å². The van der Waals surface area contributed by atoms with E-state index in [0.29, 0.717) is 0 Å². The molecule has 4 nitrogen and oxygen atoms in total. The van der Waals surface area contributed by atoms with Gasteiger partial charge >= 0.3 is 0 Å². The van der Waals surface area contributed by atoms with Gasteiger partial charge in [-0.2, -0.15) is 5.10 Å². The van der Waals surface area contributed by atoms with Crippen LogP contribution in [0.15, 0.2) is 29.4 Å². The van der Waals surface area contributed by atoms with Gasteiger partial charge in [0.2, 0.25) is 5.91 Å². The number of nitrogens with one attached hydrogen (secondary N) is 1. The Morgan fingerprint density at radius 1 is 1.16 bits per heavy atom. The Morgan fingerprint density at radius 2 is 1.79 bits per heavy atom. The van der Waals surface area contributed by atoms with Gasteiger partial charge in [-0.25, -0.2) is 0 Å². The molecule has 0 saturated carbocycles. The first-order chi connectivity index (χ1) is 9.24. The van der Waals surface area contributed by atoms with Gasteiger partial charge in [0.1, 0.15) is 0 Å². The van der Waals surface area contributed by atoms with E-state index in [2.05, 4.69) is 15.4 Å². The number of nitrogens with zero attached hydrogens (tertiary/aromatic N) is 2. The minimum absolute atomic E-state index is 0.0500. The van der Waals surface area contributed by atoms with Crippen LogP contribution < -0.4 is 5.32 Å². The Bertz CT molecular complexity index is 431. The highest BCUT2D eigenvalue weighted by atomic mass is 16.1. The highest BCUT2D eigenvalue weighted by molar-refractivity contribution is 5.89. The third-order valence-corrected chi connectivity index (χ3v) is 3.18. The van der Waals surface area contributed by atoms with Gasteiger partial charge in [0.05, 0.1) is 6.21 Å². The molecule has 0 atom stereocenters. The van der Waals surface area contributed by atoms with Crippen LogP contribution in [-0.4, -0.2) is 30.2 Å². The maximum absolute atomic E-state index is 10.9. The lowest BCUT2D eigenvalue weighted by molar-refractivity contribution is -0.114. The Balaban J connectivity index is 1.92. The van der Waals surface area contributed by atoms with Gasteiger partial charge in [-0.3, -0.25) is 9.80 Å². The van der Waals surface area contributed by atoms with Crippen molar-refractivity contribution < 1.29 is 4.79 Å². The van der Waals surface area contributed by atoms with E-state index >= 15 is 0 Å². The minimum atomic E-state index is -0.0500. The van der Waals surface area contributed by atoms with E-state index in [1.807, 2.05) is 30.5 Å². The summed E-state index contributed by atoms with van der Waals surface area (Å²) in [7, 11) is 0. The van der Waals surface area contributed by atoms with Crippen molar-refractivity contribution in [2.45, 2.75) is 32.6 Å². The van der Waals surface area contributed by atoms with Crippen molar-refractivity contribution in [2.75, 3.05) is 18.4 Å². The lowest BCUT2D eigenvalue weighted by atomic mass is 10.2. The summed E-state index contributed by atoms with van der Waals surface area (Å²) >= 11 is 0. The first kappa shape index (κ1) is 13.6. The zero-order chi connectivity index (χ0) is 13.5. The average Bonchev–Trinajstić information content (AvgIpc) is 2.66. The molecule has 102 valence electrons. The summed E-state index contributed by atoms with van der Waals surface area (Å²) in [6, 6.07) is 7.72. The summed E-state index contributed by atoms with van der Waals surface area (Å²) in [5.74, 6) is -0.0500. The first-order valence-corrected chi connectivity index (χ1v) is 6.90. The molecular weight excluding hydrogens is 238 g/mol. The first-order valence-electron chi connectivity index (χ1n) is 6.90. The normalized spacial score (nSPS) is 16.4. The van der Waals surface area contributed by atoms with Crippen LogP contribution in [0, 0.1) is 0 Å². The van der Waals surface area contributed by atoms with Crippen molar-refractivity contribution in [2.24, 2.45) is 5.10 Å². The molecule has 19 heavy (non-hydrogen) atoms. The van der Waals surface area contributed by atoms with Crippen molar-refractivity contribution in [3.05, 3.63) is 29.8 Å². The monoisotopic (exact) mass is 259 g/mol. The molecule has 0 aliphatic carbocycles. The second-order valence-electron chi connectivity index (χ2n) is 4.92. The molecular formula is C15H21N3O. The molecule has 0 unspecified atom stereocenters. The molecule has 0 spiro atoms. The van der Waals surface area contributed by atoms with Crippen molar-refractivity contribution in [3.63, 3.8) is 0 Å². The topological polar surface area (TPSA) is 44.7 Å². The molecule has 1 N–H and O–H groups in total. The predicted octanol–water partition coefficient (Wildman–Crippen LogP) is 2.85. The molecule has 0 bridgehead atoms. The smallest absolute Gasteiger partial charge is 0.221 e. The fourth-order valence-electron chi connectivity index (χ4n) is 2.17. The Labute approximate surface area is 114 Å². The molecule has 1 heterocycles. The highest BCUT2D eigenvalue weighted by Crippen LogP contribution is 2.11. The summed E-state index contributed by atoms with van der Waals surface area (Å²) in [5.41, 5.74) is 1.87. The number of amides is 1. The fourth-order valence-corrected chi connectivity index (χ4v) is 2.17.